The summed E-state index contributed by atoms with van der Waals surface area (Å²) in [5, 5.41) is 35.7. The van der Waals surface area contributed by atoms with Crippen LogP contribution in [0.1, 0.15) is 45.1 Å². The van der Waals surface area contributed by atoms with E-state index in [9.17, 15) is 33.9 Å². The van der Waals surface area contributed by atoms with Crippen molar-refractivity contribution < 1.29 is 44.1 Å². The van der Waals surface area contributed by atoms with E-state index < -0.39 is 72.6 Å². The van der Waals surface area contributed by atoms with Gasteiger partial charge in [0.1, 0.15) is 18.1 Å². The van der Waals surface area contributed by atoms with Gasteiger partial charge in [-0.3, -0.25) is 24.0 Å². The minimum absolute atomic E-state index is 0.0355. The van der Waals surface area contributed by atoms with E-state index in [1.807, 2.05) is 18.2 Å². The summed E-state index contributed by atoms with van der Waals surface area (Å²) in [6.07, 6.45) is 0.136. The molecule has 2 rings (SSSR count). The molecule has 3 amide bonds. The number of H-pyrrole nitrogens is 1. The van der Waals surface area contributed by atoms with Crippen LogP contribution >= 0.6 is 0 Å². The molecule has 14 nitrogen and oxygen atoms in total. The fourth-order valence-electron chi connectivity index (χ4n) is 4.06. The average Bonchev–Trinajstić information content (AvgIpc) is 3.27. The molecule has 0 fully saturated rings. The number of nitrogens with two attached hydrogens (primary N) is 1. The van der Waals surface area contributed by atoms with Crippen LogP contribution in [0, 0.1) is 5.92 Å². The van der Waals surface area contributed by atoms with Crippen LogP contribution in [0.2, 0.25) is 0 Å². The van der Waals surface area contributed by atoms with E-state index in [-0.39, 0.29) is 25.2 Å². The Labute approximate surface area is 229 Å². The molecular formula is C26H35N5O9. The molecule has 1 heterocycles. The zero-order valence-electron chi connectivity index (χ0n) is 22.2. The lowest BCUT2D eigenvalue weighted by molar-refractivity contribution is -0.142. The fourth-order valence-corrected chi connectivity index (χ4v) is 4.06. The maximum atomic E-state index is 13.2. The third-order valence-corrected chi connectivity index (χ3v) is 6.06. The lowest BCUT2D eigenvalue weighted by Crippen LogP contribution is -2.57. The quantitative estimate of drug-likeness (QED) is 0.136. The lowest BCUT2D eigenvalue weighted by Gasteiger charge is -2.26. The second-order valence-electron chi connectivity index (χ2n) is 9.85. The van der Waals surface area contributed by atoms with E-state index in [4.69, 9.17) is 15.9 Å². The Morgan fingerprint density at radius 2 is 1.45 bits per heavy atom. The van der Waals surface area contributed by atoms with Gasteiger partial charge in [-0.25, -0.2) is 4.79 Å². The normalized spacial score (nSPS) is 14.1. The van der Waals surface area contributed by atoms with Gasteiger partial charge in [-0.05, 0) is 30.4 Å². The van der Waals surface area contributed by atoms with Crippen molar-refractivity contribution in [3.8, 4) is 0 Å². The fraction of sp³-hybridized carbons (Fsp3) is 0.462. The summed E-state index contributed by atoms with van der Waals surface area (Å²) in [6, 6.07) is 1.80. The van der Waals surface area contributed by atoms with Crippen molar-refractivity contribution in [1.29, 1.82) is 0 Å². The van der Waals surface area contributed by atoms with E-state index in [2.05, 4.69) is 20.9 Å². The largest absolute Gasteiger partial charge is 0.481 e. The number of carbonyl (C=O) groups excluding carboxylic acids is 3. The van der Waals surface area contributed by atoms with Gasteiger partial charge in [0, 0.05) is 29.9 Å². The van der Waals surface area contributed by atoms with Crippen molar-refractivity contribution in [2.24, 2.45) is 11.7 Å². The molecule has 40 heavy (non-hydrogen) atoms. The summed E-state index contributed by atoms with van der Waals surface area (Å²) < 4.78 is 0. The van der Waals surface area contributed by atoms with Gasteiger partial charge in [-0.2, -0.15) is 0 Å². The van der Waals surface area contributed by atoms with E-state index >= 15 is 0 Å². The summed E-state index contributed by atoms with van der Waals surface area (Å²) >= 11 is 0. The number of hydrogen-bond acceptors (Lipinski definition) is 7. The van der Waals surface area contributed by atoms with E-state index in [1.54, 1.807) is 26.1 Å². The highest BCUT2D eigenvalue weighted by Gasteiger charge is 2.31. The summed E-state index contributed by atoms with van der Waals surface area (Å²) in [5.41, 5.74) is 7.02. The number of aromatic nitrogens is 1. The standard InChI is InChI=1S/C26H35N5O9/c1-13(2)9-19(30-24(37)18(7-8-21(32)33)29-23(36)16(27)11-22(34)35)25(38)31-20(26(39)40)10-14-12-28-17-6-4-3-5-15(14)17/h3-6,12-13,16,18-20,28H,7-11,27H2,1-2H3,(H,29,36)(H,30,37)(H,31,38)(H,32,33)(H,34,35)(H,39,40). The van der Waals surface area contributed by atoms with Crippen molar-refractivity contribution >= 4 is 46.5 Å². The molecule has 0 aliphatic rings. The molecule has 0 bridgehead atoms. The summed E-state index contributed by atoms with van der Waals surface area (Å²) in [5.74, 6) is -6.66. The lowest BCUT2D eigenvalue weighted by atomic mass is 10.0. The molecular weight excluding hydrogens is 526 g/mol. The number of fused-ring (bicyclic) bond motifs is 1. The zero-order valence-corrected chi connectivity index (χ0v) is 22.2. The second-order valence-corrected chi connectivity index (χ2v) is 9.85. The van der Waals surface area contributed by atoms with Crippen LogP contribution in [0.4, 0.5) is 0 Å². The molecule has 2 aromatic rings. The number of carbonyl (C=O) groups is 6. The smallest absolute Gasteiger partial charge is 0.326 e. The number of rotatable bonds is 16. The first-order valence-corrected chi connectivity index (χ1v) is 12.7. The molecule has 4 atom stereocenters. The number of amides is 3. The Balaban J connectivity index is 2.19. The number of carboxylic acids is 3. The van der Waals surface area contributed by atoms with Crippen molar-refractivity contribution in [1.82, 2.24) is 20.9 Å². The van der Waals surface area contributed by atoms with Crippen LogP contribution in [0.5, 0.6) is 0 Å². The first kappa shape index (κ1) is 31.8. The first-order chi connectivity index (χ1) is 18.8. The monoisotopic (exact) mass is 561 g/mol. The zero-order chi connectivity index (χ0) is 30.0. The Bertz CT molecular complexity index is 1240. The van der Waals surface area contributed by atoms with Crippen LogP contribution in [-0.2, 0) is 35.2 Å². The molecule has 1 aromatic heterocycles. The van der Waals surface area contributed by atoms with Gasteiger partial charge in [0.25, 0.3) is 0 Å². The Kier molecular flexibility index (Phi) is 11.6. The SMILES string of the molecule is CC(C)CC(NC(=O)C(CCC(=O)O)NC(=O)C(N)CC(=O)O)C(=O)NC(Cc1c[nH]c2ccccc12)C(=O)O. The van der Waals surface area contributed by atoms with E-state index in [0.29, 0.717) is 5.56 Å². The summed E-state index contributed by atoms with van der Waals surface area (Å²) in [7, 11) is 0. The highest BCUT2D eigenvalue weighted by Crippen LogP contribution is 2.19. The average molecular weight is 562 g/mol. The number of para-hydroxylation sites is 1. The second kappa shape index (κ2) is 14.6. The molecule has 4 unspecified atom stereocenters. The molecule has 0 aliphatic carbocycles. The van der Waals surface area contributed by atoms with Gasteiger partial charge in [-0.1, -0.05) is 32.0 Å². The van der Waals surface area contributed by atoms with Crippen LogP contribution in [0.3, 0.4) is 0 Å². The van der Waals surface area contributed by atoms with Crippen LogP contribution in [0.25, 0.3) is 10.9 Å². The number of nitrogens with one attached hydrogen (secondary N) is 4. The Hall–Kier alpha value is -4.46. The first-order valence-electron chi connectivity index (χ1n) is 12.7. The van der Waals surface area contributed by atoms with Crippen LogP contribution < -0.4 is 21.7 Å². The molecule has 1 aromatic carbocycles. The summed E-state index contributed by atoms with van der Waals surface area (Å²) in [4.78, 5) is 75.6. The van der Waals surface area contributed by atoms with Crippen LogP contribution in [0.15, 0.2) is 30.5 Å². The predicted molar refractivity (Wildman–Crippen MR) is 142 cm³/mol. The van der Waals surface area contributed by atoms with Crippen molar-refractivity contribution in [2.75, 3.05) is 0 Å². The highest BCUT2D eigenvalue weighted by atomic mass is 16.4. The number of aromatic amines is 1. The molecule has 0 saturated carbocycles. The van der Waals surface area contributed by atoms with Gasteiger partial charge in [-0.15, -0.1) is 0 Å². The van der Waals surface area contributed by atoms with Crippen molar-refractivity contribution in [3.63, 3.8) is 0 Å². The molecule has 0 aliphatic heterocycles. The van der Waals surface area contributed by atoms with E-state index in [1.165, 1.54) is 0 Å². The van der Waals surface area contributed by atoms with Crippen molar-refractivity contribution in [2.45, 2.75) is 70.1 Å². The molecule has 0 spiro atoms. The Morgan fingerprint density at radius 1 is 0.850 bits per heavy atom. The third-order valence-electron chi connectivity index (χ3n) is 6.06. The molecule has 0 saturated heterocycles. The highest BCUT2D eigenvalue weighted by molar-refractivity contribution is 5.95. The minimum atomic E-state index is -1.49. The van der Waals surface area contributed by atoms with Gasteiger partial charge in [0.2, 0.25) is 17.7 Å². The molecule has 218 valence electrons. The molecule has 14 heteroatoms. The van der Waals surface area contributed by atoms with E-state index in [0.717, 1.165) is 10.9 Å². The maximum absolute atomic E-state index is 13.2. The maximum Gasteiger partial charge on any atom is 0.326 e. The predicted octanol–water partition coefficient (Wildman–Crippen LogP) is -0.0377. The van der Waals surface area contributed by atoms with Gasteiger partial charge in [0.15, 0.2) is 0 Å². The number of carboxylic acid groups (broad SMARTS) is 3. The summed E-state index contributed by atoms with van der Waals surface area (Å²) in [6.45, 7) is 3.56. The third kappa shape index (κ3) is 9.69. The number of hydrogen-bond donors (Lipinski definition) is 8. The molecule has 9 N–H and O–H groups in total. The van der Waals surface area contributed by atoms with Crippen LogP contribution in [-0.4, -0.2) is 80.1 Å². The Morgan fingerprint density at radius 3 is 2.05 bits per heavy atom. The number of aliphatic carboxylic acids is 3. The topological polar surface area (TPSA) is 241 Å². The van der Waals surface area contributed by atoms with Gasteiger partial charge >= 0.3 is 17.9 Å². The van der Waals surface area contributed by atoms with Gasteiger partial charge in [0.05, 0.1) is 12.5 Å². The van der Waals surface area contributed by atoms with Gasteiger partial charge < -0.3 is 42.0 Å². The minimum Gasteiger partial charge on any atom is -0.481 e. The molecule has 0 radical (unpaired) electrons. The van der Waals surface area contributed by atoms with Crippen molar-refractivity contribution in [3.05, 3.63) is 36.0 Å². The number of benzene rings is 1.